The van der Waals surface area contributed by atoms with Gasteiger partial charge in [0.2, 0.25) is 0 Å². The van der Waals surface area contributed by atoms with E-state index in [1.165, 1.54) is 102 Å². The quantitative estimate of drug-likeness (QED) is 0.225. The molecule has 0 atom stereocenters. The average Bonchev–Trinajstić information content (AvgIpc) is 2.50. The van der Waals surface area contributed by atoms with E-state index in [1.807, 2.05) is 0 Å². The molecule has 1 nitrogen and oxygen atoms in total. The van der Waals surface area contributed by atoms with Crippen molar-refractivity contribution in [2.45, 2.75) is 111 Å². The van der Waals surface area contributed by atoms with E-state index in [4.69, 9.17) is 0 Å². The minimum atomic E-state index is 1.04. The van der Waals surface area contributed by atoms with Gasteiger partial charge in [0.05, 0.1) is 0 Å². The highest BCUT2D eigenvalue weighted by Crippen LogP contribution is 2.12. The Kier molecular flexibility index (Phi) is 18.5. The highest BCUT2D eigenvalue weighted by Gasteiger charge is 1.94. The van der Waals surface area contributed by atoms with E-state index >= 15 is 0 Å². The van der Waals surface area contributed by atoms with Gasteiger partial charge >= 0.3 is 0 Å². The van der Waals surface area contributed by atoms with Gasteiger partial charge in [-0.2, -0.15) is 0 Å². The van der Waals surface area contributed by atoms with E-state index in [1.54, 1.807) is 0 Å². The van der Waals surface area contributed by atoms with Crippen LogP contribution in [0.15, 0.2) is 11.6 Å². The van der Waals surface area contributed by atoms with Gasteiger partial charge in [-0.25, -0.2) is 0 Å². The molecule has 0 fully saturated rings. The first kappa shape index (κ1) is 21.7. The predicted molar refractivity (Wildman–Crippen MR) is 103 cm³/mol. The maximum absolute atomic E-state index is 3.48. The first-order chi connectivity index (χ1) is 10.8. The van der Waals surface area contributed by atoms with Gasteiger partial charge in [-0.1, -0.05) is 102 Å². The first-order valence-electron chi connectivity index (χ1n) is 10.1. The molecule has 1 heteroatoms. The van der Waals surface area contributed by atoms with Crippen LogP contribution in [0.3, 0.4) is 0 Å². The molecule has 0 aliphatic heterocycles. The molecule has 0 aromatic carbocycles. The lowest BCUT2D eigenvalue weighted by Crippen LogP contribution is -2.15. The fourth-order valence-electron chi connectivity index (χ4n) is 2.82. The van der Waals surface area contributed by atoms with Gasteiger partial charge in [-0.05, 0) is 26.8 Å². The molecule has 0 saturated heterocycles. The minimum absolute atomic E-state index is 1.04. The second kappa shape index (κ2) is 18.7. The molecule has 132 valence electrons. The molecule has 0 spiro atoms. The number of hydrogen-bond donors (Lipinski definition) is 1. The van der Waals surface area contributed by atoms with Crippen LogP contribution in [0.4, 0.5) is 0 Å². The van der Waals surface area contributed by atoms with E-state index < -0.39 is 0 Å². The molecule has 0 bridgehead atoms. The molecule has 0 rings (SSSR count). The van der Waals surface area contributed by atoms with Crippen LogP contribution in [-0.2, 0) is 0 Å². The first-order valence-corrected chi connectivity index (χ1v) is 10.1. The number of hydrogen-bond acceptors (Lipinski definition) is 1. The summed E-state index contributed by atoms with van der Waals surface area (Å²) in [6, 6.07) is 0. The summed E-state index contributed by atoms with van der Waals surface area (Å²) in [4.78, 5) is 0. The van der Waals surface area contributed by atoms with Crippen molar-refractivity contribution in [3.8, 4) is 0 Å². The maximum atomic E-state index is 3.48. The van der Waals surface area contributed by atoms with Crippen LogP contribution in [0.2, 0.25) is 0 Å². The summed E-state index contributed by atoms with van der Waals surface area (Å²) >= 11 is 0. The number of rotatable bonds is 17. The molecule has 0 radical (unpaired) electrons. The van der Waals surface area contributed by atoms with Crippen LogP contribution in [0.1, 0.15) is 111 Å². The largest absolute Gasteiger partial charge is 0.313 e. The Labute approximate surface area is 141 Å². The van der Waals surface area contributed by atoms with E-state index in [0.717, 1.165) is 6.54 Å². The van der Waals surface area contributed by atoms with Gasteiger partial charge in [0, 0.05) is 6.54 Å². The minimum Gasteiger partial charge on any atom is -0.313 e. The molecular weight excluding hydrogens is 266 g/mol. The van der Waals surface area contributed by atoms with Crippen LogP contribution in [-0.4, -0.2) is 13.1 Å². The van der Waals surface area contributed by atoms with Crippen molar-refractivity contribution in [1.29, 1.82) is 0 Å². The zero-order valence-corrected chi connectivity index (χ0v) is 15.9. The third-order valence-electron chi connectivity index (χ3n) is 4.36. The van der Waals surface area contributed by atoms with Crippen molar-refractivity contribution in [1.82, 2.24) is 5.32 Å². The smallest absolute Gasteiger partial charge is 0.0137 e. The Morgan fingerprint density at radius 3 is 1.45 bits per heavy atom. The van der Waals surface area contributed by atoms with Crippen LogP contribution >= 0.6 is 0 Å². The molecule has 1 N–H and O–H groups in total. The molecule has 0 aliphatic rings. The van der Waals surface area contributed by atoms with Crippen molar-refractivity contribution >= 4 is 0 Å². The molecule has 0 aromatic rings. The van der Waals surface area contributed by atoms with Crippen molar-refractivity contribution in [2.24, 2.45) is 0 Å². The van der Waals surface area contributed by atoms with E-state index in [9.17, 15) is 0 Å². The Hall–Kier alpha value is -0.300. The lowest BCUT2D eigenvalue weighted by molar-refractivity contribution is 0.532. The van der Waals surface area contributed by atoms with Crippen LogP contribution in [0.5, 0.6) is 0 Å². The van der Waals surface area contributed by atoms with Gasteiger partial charge in [0.15, 0.2) is 0 Å². The summed E-state index contributed by atoms with van der Waals surface area (Å²) in [5.74, 6) is 0. The standard InChI is InChI=1S/C21H43N/c1-4-5-6-7-8-9-10-11-12-13-14-15-16-17-19-22-20-18-21(2)3/h18,22H,4-17,19-20H2,1-3H3. The molecule has 0 heterocycles. The van der Waals surface area contributed by atoms with Gasteiger partial charge in [-0.3, -0.25) is 0 Å². The zero-order chi connectivity index (χ0) is 16.3. The lowest BCUT2D eigenvalue weighted by atomic mass is 10.0. The monoisotopic (exact) mass is 309 g/mol. The average molecular weight is 310 g/mol. The Balaban J connectivity index is 2.98. The summed E-state index contributed by atoms with van der Waals surface area (Å²) in [5.41, 5.74) is 1.41. The lowest BCUT2D eigenvalue weighted by Gasteiger charge is -2.04. The zero-order valence-electron chi connectivity index (χ0n) is 15.9. The summed E-state index contributed by atoms with van der Waals surface area (Å²) in [7, 11) is 0. The van der Waals surface area contributed by atoms with Gasteiger partial charge < -0.3 is 5.32 Å². The molecule has 0 aliphatic carbocycles. The molecule has 0 amide bonds. The maximum Gasteiger partial charge on any atom is 0.0137 e. The SMILES string of the molecule is CCCCCCCCCCCCCCCCNCC=C(C)C. The third-order valence-corrected chi connectivity index (χ3v) is 4.36. The summed E-state index contributed by atoms with van der Waals surface area (Å²) in [5, 5.41) is 3.48. The Bertz CT molecular complexity index is 228. The van der Waals surface area contributed by atoms with E-state index in [2.05, 4.69) is 32.2 Å². The van der Waals surface area contributed by atoms with Crippen molar-refractivity contribution in [2.75, 3.05) is 13.1 Å². The molecule has 0 saturated carbocycles. The van der Waals surface area contributed by atoms with Crippen molar-refractivity contribution in [3.63, 3.8) is 0 Å². The molecule has 22 heavy (non-hydrogen) atoms. The van der Waals surface area contributed by atoms with Crippen LogP contribution in [0, 0.1) is 0 Å². The molecule has 0 unspecified atom stereocenters. The fourth-order valence-corrected chi connectivity index (χ4v) is 2.82. The second-order valence-electron chi connectivity index (χ2n) is 7.08. The second-order valence-corrected chi connectivity index (χ2v) is 7.08. The van der Waals surface area contributed by atoms with Crippen LogP contribution < -0.4 is 5.32 Å². The van der Waals surface area contributed by atoms with Gasteiger partial charge in [0.1, 0.15) is 0 Å². The van der Waals surface area contributed by atoms with Gasteiger partial charge in [0.25, 0.3) is 0 Å². The van der Waals surface area contributed by atoms with Crippen LogP contribution in [0.25, 0.3) is 0 Å². The molecular formula is C21H43N. The van der Waals surface area contributed by atoms with Gasteiger partial charge in [-0.15, -0.1) is 0 Å². The van der Waals surface area contributed by atoms with Crippen molar-refractivity contribution < 1.29 is 0 Å². The Morgan fingerprint density at radius 2 is 1.05 bits per heavy atom. The number of allylic oxidation sites excluding steroid dienone is 1. The van der Waals surface area contributed by atoms with Crippen molar-refractivity contribution in [3.05, 3.63) is 11.6 Å². The summed E-state index contributed by atoms with van der Waals surface area (Å²) in [6.07, 6.45) is 22.4. The summed E-state index contributed by atoms with van der Waals surface area (Å²) < 4.78 is 0. The van der Waals surface area contributed by atoms with E-state index in [0.29, 0.717) is 0 Å². The summed E-state index contributed by atoms with van der Waals surface area (Å²) in [6.45, 7) is 8.84. The highest BCUT2D eigenvalue weighted by molar-refractivity contribution is 4.94. The topological polar surface area (TPSA) is 12.0 Å². The third kappa shape index (κ3) is 19.7. The Morgan fingerprint density at radius 1 is 0.636 bits per heavy atom. The number of unbranched alkanes of at least 4 members (excludes halogenated alkanes) is 13. The molecule has 0 aromatic heterocycles. The normalized spacial score (nSPS) is 10.9. The predicted octanol–water partition coefficient (Wildman–Crippen LogP) is 7.02. The fraction of sp³-hybridized carbons (Fsp3) is 0.905. The number of nitrogens with one attached hydrogen (secondary N) is 1. The highest BCUT2D eigenvalue weighted by atomic mass is 14.8. The van der Waals surface area contributed by atoms with E-state index in [-0.39, 0.29) is 0 Å².